The molecule has 0 saturated heterocycles. The Labute approximate surface area is 130 Å². The fraction of sp³-hybridized carbons (Fsp3) is 0.188. The Morgan fingerprint density at radius 2 is 1.95 bits per heavy atom. The molecule has 2 aromatic rings. The number of methoxy groups -OCH3 is 1. The molecule has 0 N–H and O–H groups in total. The van der Waals surface area contributed by atoms with Gasteiger partial charge in [-0.1, -0.05) is 6.07 Å². The minimum absolute atomic E-state index is 0.149. The van der Waals surface area contributed by atoms with E-state index in [0.717, 1.165) is 5.56 Å². The predicted octanol–water partition coefficient (Wildman–Crippen LogP) is 4.17. The first kappa shape index (κ1) is 15.5. The smallest absolute Gasteiger partial charge is 0.203 e. The van der Waals surface area contributed by atoms with Crippen LogP contribution in [0.4, 0.5) is 4.39 Å². The Morgan fingerprint density at radius 3 is 2.62 bits per heavy atom. The van der Waals surface area contributed by atoms with Crippen molar-refractivity contribution in [2.24, 2.45) is 0 Å². The summed E-state index contributed by atoms with van der Waals surface area (Å²) in [5.74, 6) is 0.349. The Hall–Kier alpha value is -1.88. The Balaban J connectivity index is 2.11. The molecule has 0 aromatic heterocycles. The fourth-order valence-corrected chi connectivity index (χ4v) is 2.31. The van der Waals surface area contributed by atoms with E-state index >= 15 is 0 Å². The minimum Gasteiger partial charge on any atom is -0.496 e. The van der Waals surface area contributed by atoms with Gasteiger partial charge >= 0.3 is 0 Å². The summed E-state index contributed by atoms with van der Waals surface area (Å²) in [6.45, 7) is 1.77. The molecule has 0 aliphatic rings. The number of hydrogen-bond acceptors (Lipinski definition) is 3. The third-order valence-corrected chi connectivity index (χ3v) is 3.53. The molecule has 0 radical (unpaired) electrons. The van der Waals surface area contributed by atoms with Crippen LogP contribution in [0, 0.1) is 12.7 Å². The lowest BCUT2D eigenvalue weighted by Crippen LogP contribution is -2.13. The summed E-state index contributed by atoms with van der Waals surface area (Å²) in [6, 6.07) is 9.37. The van der Waals surface area contributed by atoms with Crippen molar-refractivity contribution in [3.05, 3.63) is 57.8 Å². The number of aryl methyl sites for hydroxylation is 1. The lowest BCUT2D eigenvalue weighted by Gasteiger charge is -2.10. The van der Waals surface area contributed by atoms with Crippen LogP contribution in [0.25, 0.3) is 0 Å². The Morgan fingerprint density at radius 1 is 1.19 bits per heavy atom. The summed E-state index contributed by atoms with van der Waals surface area (Å²) >= 11 is 3.19. The number of halogens is 2. The molecule has 5 heteroatoms. The van der Waals surface area contributed by atoms with Gasteiger partial charge in [0.15, 0.2) is 6.61 Å². The van der Waals surface area contributed by atoms with Crippen molar-refractivity contribution >= 4 is 21.7 Å². The topological polar surface area (TPSA) is 35.5 Å². The summed E-state index contributed by atoms with van der Waals surface area (Å²) in [6.07, 6.45) is 0. The Bertz CT molecular complexity index is 671. The number of benzene rings is 2. The van der Waals surface area contributed by atoms with Gasteiger partial charge in [0.1, 0.15) is 17.3 Å². The van der Waals surface area contributed by atoms with Crippen molar-refractivity contribution in [1.82, 2.24) is 0 Å². The summed E-state index contributed by atoms with van der Waals surface area (Å²) in [5.41, 5.74) is 1.46. The molecular formula is C16H14BrFO3. The van der Waals surface area contributed by atoms with E-state index < -0.39 is 0 Å². The van der Waals surface area contributed by atoms with Crippen LogP contribution in [-0.4, -0.2) is 19.5 Å². The number of ether oxygens (including phenoxy) is 2. The van der Waals surface area contributed by atoms with Crippen molar-refractivity contribution in [3.63, 3.8) is 0 Å². The zero-order valence-corrected chi connectivity index (χ0v) is 13.2. The molecule has 0 saturated carbocycles. The van der Waals surface area contributed by atoms with Crippen molar-refractivity contribution < 1.29 is 18.7 Å². The van der Waals surface area contributed by atoms with E-state index in [1.807, 2.05) is 13.0 Å². The minimum atomic E-state index is -0.374. The first-order chi connectivity index (χ1) is 10.0. The second-order valence-electron chi connectivity index (χ2n) is 4.49. The molecule has 2 aromatic carbocycles. The average Bonchev–Trinajstić information content (AvgIpc) is 2.45. The first-order valence-corrected chi connectivity index (χ1v) is 7.06. The van der Waals surface area contributed by atoms with Gasteiger partial charge in [0.25, 0.3) is 0 Å². The van der Waals surface area contributed by atoms with Gasteiger partial charge in [-0.2, -0.15) is 0 Å². The second-order valence-corrected chi connectivity index (χ2v) is 5.34. The number of rotatable bonds is 5. The molecule has 0 unspecified atom stereocenters. The molecule has 3 nitrogen and oxygen atoms in total. The highest BCUT2D eigenvalue weighted by Crippen LogP contribution is 2.26. The molecule has 0 amide bonds. The van der Waals surface area contributed by atoms with Gasteiger partial charge in [0, 0.05) is 0 Å². The Kier molecular flexibility index (Phi) is 4.96. The number of ketones is 1. The van der Waals surface area contributed by atoms with E-state index in [4.69, 9.17) is 9.47 Å². The highest BCUT2D eigenvalue weighted by molar-refractivity contribution is 9.10. The standard InChI is InChI=1S/C16H14BrFO3/c1-10-3-5-12(16(7-10)20-2)14(19)9-21-15-6-4-11(18)8-13(15)17/h3-8H,9H2,1-2H3. The van der Waals surface area contributed by atoms with Crippen molar-refractivity contribution in [1.29, 1.82) is 0 Å². The molecule has 0 bridgehead atoms. The summed E-state index contributed by atoms with van der Waals surface area (Å²) in [7, 11) is 1.52. The molecule has 0 heterocycles. The lowest BCUT2D eigenvalue weighted by molar-refractivity contribution is 0.0918. The van der Waals surface area contributed by atoms with Crippen molar-refractivity contribution in [3.8, 4) is 11.5 Å². The third-order valence-electron chi connectivity index (χ3n) is 2.91. The molecule has 0 aliphatic heterocycles. The van der Waals surface area contributed by atoms with E-state index in [-0.39, 0.29) is 18.2 Å². The first-order valence-electron chi connectivity index (χ1n) is 6.27. The van der Waals surface area contributed by atoms with E-state index in [2.05, 4.69) is 15.9 Å². The molecule has 2 rings (SSSR count). The van der Waals surface area contributed by atoms with Gasteiger partial charge in [-0.15, -0.1) is 0 Å². The summed E-state index contributed by atoms with van der Waals surface area (Å²) in [4.78, 5) is 12.2. The van der Waals surface area contributed by atoms with Crippen LogP contribution in [0.15, 0.2) is 40.9 Å². The summed E-state index contributed by atoms with van der Waals surface area (Å²) in [5, 5.41) is 0. The van der Waals surface area contributed by atoms with Crippen molar-refractivity contribution in [2.75, 3.05) is 13.7 Å². The maximum Gasteiger partial charge on any atom is 0.203 e. The van der Waals surface area contributed by atoms with E-state index in [1.54, 1.807) is 12.1 Å². The van der Waals surface area contributed by atoms with Crippen LogP contribution in [0.2, 0.25) is 0 Å². The van der Waals surface area contributed by atoms with E-state index in [0.29, 0.717) is 21.5 Å². The van der Waals surface area contributed by atoms with Crippen molar-refractivity contribution in [2.45, 2.75) is 6.92 Å². The molecule has 0 aliphatic carbocycles. The lowest BCUT2D eigenvalue weighted by atomic mass is 10.1. The van der Waals surface area contributed by atoms with Crippen LogP contribution in [0.5, 0.6) is 11.5 Å². The maximum absolute atomic E-state index is 13.0. The third kappa shape index (κ3) is 3.82. The zero-order valence-electron chi connectivity index (χ0n) is 11.7. The SMILES string of the molecule is COc1cc(C)ccc1C(=O)COc1ccc(F)cc1Br. The quantitative estimate of drug-likeness (QED) is 0.757. The normalized spacial score (nSPS) is 10.3. The van der Waals surface area contributed by atoms with Crippen LogP contribution in [-0.2, 0) is 0 Å². The van der Waals surface area contributed by atoms with E-state index in [9.17, 15) is 9.18 Å². The van der Waals surface area contributed by atoms with Gasteiger partial charge in [-0.25, -0.2) is 4.39 Å². The van der Waals surface area contributed by atoms with Crippen LogP contribution in [0.1, 0.15) is 15.9 Å². The van der Waals surface area contributed by atoms with E-state index in [1.165, 1.54) is 25.3 Å². The number of Topliss-reactive ketones (excluding diaryl/α,β-unsaturated/α-hetero) is 1. The molecule has 110 valence electrons. The highest BCUT2D eigenvalue weighted by atomic mass is 79.9. The van der Waals surface area contributed by atoms with Gasteiger partial charge < -0.3 is 9.47 Å². The molecule has 21 heavy (non-hydrogen) atoms. The average molecular weight is 353 g/mol. The number of hydrogen-bond donors (Lipinski definition) is 0. The molecular weight excluding hydrogens is 339 g/mol. The number of carbonyl (C=O) groups is 1. The highest BCUT2D eigenvalue weighted by Gasteiger charge is 2.14. The van der Waals surface area contributed by atoms with Crippen LogP contribution >= 0.6 is 15.9 Å². The fourth-order valence-electron chi connectivity index (χ4n) is 1.84. The second kappa shape index (κ2) is 6.72. The number of carbonyl (C=O) groups excluding carboxylic acids is 1. The monoisotopic (exact) mass is 352 g/mol. The van der Waals surface area contributed by atoms with Crippen LogP contribution < -0.4 is 9.47 Å². The zero-order chi connectivity index (χ0) is 15.4. The summed E-state index contributed by atoms with van der Waals surface area (Å²) < 4.78 is 24.1. The van der Waals surface area contributed by atoms with Gasteiger partial charge in [0.05, 0.1) is 17.1 Å². The van der Waals surface area contributed by atoms with Crippen LogP contribution in [0.3, 0.4) is 0 Å². The van der Waals surface area contributed by atoms with Gasteiger partial charge in [0.2, 0.25) is 5.78 Å². The van der Waals surface area contributed by atoms with Gasteiger partial charge in [-0.3, -0.25) is 4.79 Å². The van der Waals surface area contributed by atoms with Gasteiger partial charge in [-0.05, 0) is 58.7 Å². The maximum atomic E-state index is 13.0. The molecule has 0 spiro atoms. The largest absolute Gasteiger partial charge is 0.496 e. The molecule has 0 fully saturated rings. The molecule has 0 atom stereocenters. The predicted molar refractivity (Wildman–Crippen MR) is 81.7 cm³/mol.